The average molecular weight is 372 g/mol. The van der Waals surface area contributed by atoms with Gasteiger partial charge in [0.25, 0.3) is 10.2 Å². The minimum absolute atomic E-state index is 0. The number of nitrogens with zero attached hydrogens (tertiary/aromatic N) is 1. The van der Waals surface area contributed by atoms with Gasteiger partial charge >= 0.3 is 0 Å². The maximum Gasteiger partial charge on any atom is 0.279 e. The van der Waals surface area contributed by atoms with Crippen LogP contribution in [-0.2, 0) is 16.8 Å². The molecule has 9 heteroatoms. The van der Waals surface area contributed by atoms with E-state index in [4.69, 9.17) is 11.6 Å². The van der Waals surface area contributed by atoms with Gasteiger partial charge in [0.1, 0.15) is 5.82 Å². The van der Waals surface area contributed by atoms with Crippen LogP contribution in [0.5, 0.6) is 0 Å². The number of piperidine rings is 1. The number of nitrogens with one attached hydrogen (secondary N) is 2. The molecule has 5 nitrogen and oxygen atoms in total. The lowest BCUT2D eigenvalue weighted by molar-refractivity contribution is 0.399. The molecule has 0 bridgehead atoms. The standard InChI is InChI=1S/C13H19ClFN3O2S.ClH/c1-18(9-11-12(14)5-2-6-13(11)15)21(19,20)17-10-4-3-7-16-8-10;/h2,5-6,10,16-17H,3-4,7-9H2,1H3;1H. The molecule has 0 saturated carbocycles. The van der Waals surface area contributed by atoms with Crippen LogP contribution in [0.25, 0.3) is 0 Å². The molecule has 1 heterocycles. The summed E-state index contributed by atoms with van der Waals surface area (Å²) in [4.78, 5) is 0. The van der Waals surface area contributed by atoms with Crippen molar-refractivity contribution < 1.29 is 12.8 Å². The topological polar surface area (TPSA) is 61.4 Å². The predicted molar refractivity (Wildman–Crippen MR) is 88.1 cm³/mol. The van der Waals surface area contributed by atoms with E-state index in [1.807, 2.05) is 0 Å². The summed E-state index contributed by atoms with van der Waals surface area (Å²) in [5.41, 5.74) is 0.175. The van der Waals surface area contributed by atoms with Crippen molar-refractivity contribution in [1.29, 1.82) is 0 Å². The Labute approximate surface area is 141 Å². The normalized spacial score (nSPS) is 19.0. The van der Waals surface area contributed by atoms with Gasteiger partial charge in [-0.3, -0.25) is 0 Å². The summed E-state index contributed by atoms with van der Waals surface area (Å²) in [6, 6.07) is 4.16. The van der Waals surface area contributed by atoms with Crippen molar-refractivity contribution in [1.82, 2.24) is 14.3 Å². The van der Waals surface area contributed by atoms with Crippen LogP contribution in [0, 0.1) is 5.82 Å². The Bertz CT molecular complexity index is 575. The van der Waals surface area contributed by atoms with Crippen LogP contribution >= 0.6 is 24.0 Å². The van der Waals surface area contributed by atoms with Crippen LogP contribution in [0.3, 0.4) is 0 Å². The van der Waals surface area contributed by atoms with Gasteiger partial charge in [0, 0.05) is 36.8 Å². The first-order valence-corrected chi connectivity index (χ1v) is 8.59. The van der Waals surface area contributed by atoms with Gasteiger partial charge in [0.05, 0.1) is 0 Å². The second-order valence-electron chi connectivity index (χ2n) is 5.12. The van der Waals surface area contributed by atoms with Gasteiger partial charge in [-0.2, -0.15) is 17.4 Å². The Morgan fingerprint density at radius 1 is 1.50 bits per heavy atom. The number of hydrogen-bond donors (Lipinski definition) is 2. The molecule has 1 aliphatic rings. The second-order valence-corrected chi connectivity index (χ2v) is 7.34. The molecule has 1 atom stereocenters. The summed E-state index contributed by atoms with van der Waals surface area (Å²) in [7, 11) is -2.27. The van der Waals surface area contributed by atoms with Gasteiger partial charge < -0.3 is 5.32 Å². The van der Waals surface area contributed by atoms with E-state index in [0.717, 1.165) is 23.7 Å². The third kappa shape index (κ3) is 5.04. The first-order chi connectivity index (χ1) is 9.90. The zero-order valence-corrected chi connectivity index (χ0v) is 14.6. The maximum absolute atomic E-state index is 13.7. The molecule has 126 valence electrons. The number of hydrogen-bond acceptors (Lipinski definition) is 3. The average Bonchev–Trinajstić information content (AvgIpc) is 2.43. The quantitative estimate of drug-likeness (QED) is 0.830. The van der Waals surface area contributed by atoms with Gasteiger partial charge in [-0.15, -0.1) is 12.4 Å². The fourth-order valence-corrected chi connectivity index (χ4v) is 3.57. The molecule has 0 amide bonds. The van der Waals surface area contributed by atoms with Crippen molar-refractivity contribution in [3.8, 4) is 0 Å². The monoisotopic (exact) mass is 371 g/mol. The van der Waals surface area contributed by atoms with Crippen LogP contribution in [0.15, 0.2) is 18.2 Å². The second kappa shape index (κ2) is 8.42. The molecule has 0 spiro atoms. The summed E-state index contributed by atoms with van der Waals surface area (Å²) in [6.07, 6.45) is 1.72. The zero-order valence-electron chi connectivity index (χ0n) is 12.2. The first-order valence-electron chi connectivity index (χ1n) is 6.77. The fourth-order valence-electron chi connectivity index (χ4n) is 2.24. The molecule has 1 aromatic rings. The van der Waals surface area contributed by atoms with Crippen molar-refractivity contribution >= 4 is 34.2 Å². The SMILES string of the molecule is CN(Cc1c(F)cccc1Cl)S(=O)(=O)NC1CCCNC1.Cl. The van der Waals surface area contributed by atoms with Crippen LogP contribution in [0.2, 0.25) is 5.02 Å². The van der Waals surface area contributed by atoms with E-state index in [0.29, 0.717) is 6.54 Å². The van der Waals surface area contributed by atoms with Gasteiger partial charge in [-0.05, 0) is 31.5 Å². The zero-order chi connectivity index (χ0) is 15.5. The lowest BCUT2D eigenvalue weighted by atomic mass is 10.1. The van der Waals surface area contributed by atoms with Crippen LogP contribution in [0.1, 0.15) is 18.4 Å². The van der Waals surface area contributed by atoms with Gasteiger partial charge in [-0.1, -0.05) is 17.7 Å². The number of benzene rings is 1. The molecule has 1 saturated heterocycles. The Morgan fingerprint density at radius 2 is 2.23 bits per heavy atom. The van der Waals surface area contributed by atoms with Crippen molar-refractivity contribution in [3.05, 3.63) is 34.6 Å². The van der Waals surface area contributed by atoms with Crippen LogP contribution in [-0.4, -0.2) is 38.9 Å². The summed E-state index contributed by atoms with van der Waals surface area (Å²) in [5, 5.41) is 3.36. The highest BCUT2D eigenvalue weighted by Gasteiger charge is 2.25. The van der Waals surface area contributed by atoms with Gasteiger partial charge in [-0.25, -0.2) is 4.39 Å². The van der Waals surface area contributed by atoms with Gasteiger partial charge in [0.2, 0.25) is 0 Å². The highest BCUT2D eigenvalue weighted by atomic mass is 35.5. The molecule has 1 aliphatic heterocycles. The lowest BCUT2D eigenvalue weighted by Crippen LogP contribution is -2.49. The third-order valence-corrected chi connectivity index (χ3v) is 5.40. The van der Waals surface area contributed by atoms with E-state index in [-0.39, 0.29) is 35.6 Å². The molecular weight excluding hydrogens is 352 g/mol. The predicted octanol–water partition coefficient (Wildman–Crippen LogP) is 1.92. The highest BCUT2D eigenvalue weighted by Crippen LogP contribution is 2.21. The molecule has 1 aromatic carbocycles. The highest BCUT2D eigenvalue weighted by molar-refractivity contribution is 7.87. The molecule has 0 radical (unpaired) electrons. The molecule has 1 unspecified atom stereocenters. The van der Waals surface area contributed by atoms with E-state index in [9.17, 15) is 12.8 Å². The Morgan fingerprint density at radius 3 is 2.82 bits per heavy atom. The fraction of sp³-hybridized carbons (Fsp3) is 0.538. The Hall–Kier alpha value is -0.440. The summed E-state index contributed by atoms with van der Waals surface area (Å²) in [5.74, 6) is -0.510. The Kier molecular flexibility index (Phi) is 7.51. The molecular formula is C13H20Cl2FN3O2S. The van der Waals surface area contributed by atoms with Crippen LogP contribution < -0.4 is 10.0 Å². The van der Waals surface area contributed by atoms with E-state index >= 15 is 0 Å². The van der Waals surface area contributed by atoms with Crippen molar-refractivity contribution in [2.45, 2.75) is 25.4 Å². The third-order valence-electron chi connectivity index (χ3n) is 3.47. The van der Waals surface area contributed by atoms with E-state index in [1.54, 1.807) is 6.07 Å². The van der Waals surface area contributed by atoms with E-state index < -0.39 is 16.0 Å². The molecule has 2 N–H and O–H groups in total. The summed E-state index contributed by atoms with van der Waals surface area (Å²) < 4.78 is 41.9. The minimum atomic E-state index is -3.67. The molecule has 2 rings (SSSR count). The van der Waals surface area contributed by atoms with Crippen molar-refractivity contribution in [2.75, 3.05) is 20.1 Å². The van der Waals surface area contributed by atoms with Gasteiger partial charge in [0.15, 0.2) is 0 Å². The van der Waals surface area contributed by atoms with E-state index in [2.05, 4.69) is 10.0 Å². The van der Waals surface area contributed by atoms with Crippen molar-refractivity contribution in [2.24, 2.45) is 0 Å². The van der Waals surface area contributed by atoms with Crippen LogP contribution in [0.4, 0.5) is 4.39 Å². The maximum atomic E-state index is 13.7. The smallest absolute Gasteiger partial charge is 0.279 e. The number of rotatable bonds is 5. The Balaban J connectivity index is 0.00000242. The molecule has 0 aliphatic carbocycles. The van der Waals surface area contributed by atoms with Crippen molar-refractivity contribution in [3.63, 3.8) is 0 Å². The molecule has 1 fully saturated rings. The number of halogens is 3. The molecule has 22 heavy (non-hydrogen) atoms. The largest absolute Gasteiger partial charge is 0.315 e. The summed E-state index contributed by atoms with van der Waals surface area (Å²) in [6.45, 7) is 1.40. The summed E-state index contributed by atoms with van der Waals surface area (Å²) >= 11 is 5.92. The van der Waals surface area contributed by atoms with E-state index in [1.165, 1.54) is 19.2 Å². The molecule has 0 aromatic heterocycles. The first kappa shape index (κ1) is 19.6. The minimum Gasteiger partial charge on any atom is -0.315 e. The lowest BCUT2D eigenvalue weighted by Gasteiger charge is -2.26.